The van der Waals surface area contributed by atoms with Gasteiger partial charge in [-0.1, -0.05) is 38.5 Å². The molecule has 4 aromatic carbocycles. The van der Waals surface area contributed by atoms with Crippen molar-refractivity contribution in [1.82, 2.24) is 28.1 Å². The Morgan fingerprint density at radius 1 is 0.271 bits per heavy atom. The van der Waals surface area contributed by atoms with Crippen molar-refractivity contribution in [2.45, 2.75) is 113 Å². The van der Waals surface area contributed by atoms with Gasteiger partial charge in [-0.25, -0.2) is 0 Å². The van der Waals surface area contributed by atoms with Gasteiger partial charge >= 0.3 is 0 Å². The van der Waals surface area contributed by atoms with Gasteiger partial charge in [0.1, 0.15) is 0 Å². The minimum Gasteiger partial charge on any atom is -0.269 e. The number of hydrogen-bond acceptors (Lipinski definition) is 12. The summed E-state index contributed by atoms with van der Waals surface area (Å²) in [5, 5.41) is -0.866. The lowest BCUT2D eigenvalue weighted by Gasteiger charge is -2.42. The fraction of sp³-hybridized carbons (Fsp3) is 0.346. The van der Waals surface area contributed by atoms with E-state index in [1.54, 1.807) is 0 Å². The Labute approximate surface area is 390 Å². The van der Waals surface area contributed by atoms with E-state index in [1.807, 2.05) is 0 Å². The topological polar surface area (TPSA) is 231 Å². The highest BCUT2D eigenvalue weighted by Gasteiger charge is 2.48. The highest BCUT2D eigenvalue weighted by Crippen LogP contribution is 2.44. The number of amides is 4. The zero-order valence-corrected chi connectivity index (χ0v) is 37.2. The molecule has 1 unspecified atom stereocenters. The number of rotatable bonds is 0. The number of hydrogen-bond donors (Lipinski definition) is 0. The zero-order chi connectivity index (χ0) is 48.1. The maximum Gasteiger partial charge on any atom is 0.261 e. The number of nitrogens with zero attached hydrogens (tertiary/aromatic N) is 6. The van der Waals surface area contributed by atoms with Crippen molar-refractivity contribution in [3.05, 3.63) is 154 Å². The van der Waals surface area contributed by atoms with Crippen LogP contribution in [0.5, 0.6) is 0 Å². The number of carbonyl (C=O) groups excluding carboxylic acids is 4. The van der Waals surface area contributed by atoms with Gasteiger partial charge in [0.25, 0.3) is 68.1 Å². The van der Waals surface area contributed by atoms with Crippen LogP contribution < -0.4 is 44.5 Å². The van der Waals surface area contributed by atoms with Crippen LogP contribution >= 0.6 is 0 Å². The molecular formula is C52H38N6O12. The van der Waals surface area contributed by atoms with Crippen molar-refractivity contribution in [2.75, 3.05) is 0 Å². The predicted molar refractivity (Wildman–Crippen MR) is 254 cm³/mol. The Morgan fingerprint density at radius 3 is 0.671 bits per heavy atom. The standard InChI is InChI=1S/C52H38N6O12/c59-41-21-13-15-23-40-24-16-14-22(39(21)40)42(60)53(41)33-7-1-3-9-35(33)55-45(63)25-17-29-30(18-26(25)46(55)64)50(68)57(49(29)67)37-11-5-6-12-38(37)58-51(69)31-19-27-28(20-32(31)52(58)70)48(66)56(47(27)65)36-10-4-2-8-34(36)54(43(23)61)44(24)62/h13-20,33-38H,1-12H2/t33-,34-,35-,36?,37-,38-/m0/s1. The molecule has 18 nitrogen and oxygen atoms in total. The van der Waals surface area contributed by atoms with E-state index >= 15 is 0 Å². The van der Waals surface area contributed by atoms with Crippen LogP contribution in [0.4, 0.5) is 0 Å². The molecule has 20 bridgehead atoms. The lowest BCUT2D eigenvalue weighted by molar-refractivity contribution is 0.0411. The molecule has 348 valence electrons. The fourth-order valence-corrected chi connectivity index (χ4v) is 13.8. The van der Waals surface area contributed by atoms with E-state index in [1.165, 1.54) is 48.5 Å². The van der Waals surface area contributed by atoms with Gasteiger partial charge in [0.2, 0.25) is 0 Å². The van der Waals surface area contributed by atoms with E-state index in [9.17, 15) is 57.5 Å². The third-order valence-electron chi connectivity index (χ3n) is 16.9. The minimum absolute atomic E-state index is 0.0378. The molecule has 6 atom stereocenters. The number of imide groups is 2. The van der Waals surface area contributed by atoms with Crippen LogP contribution in [0.15, 0.2) is 86.9 Å². The van der Waals surface area contributed by atoms with Crippen LogP contribution in [0.3, 0.4) is 0 Å². The molecule has 0 saturated heterocycles. The summed E-state index contributed by atoms with van der Waals surface area (Å²) in [5.74, 6) is -2.94. The van der Waals surface area contributed by atoms with Crippen LogP contribution in [0, 0.1) is 0 Å². The largest absolute Gasteiger partial charge is 0.269 e. The molecule has 3 aliphatic carbocycles. The van der Waals surface area contributed by atoms with Crippen LogP contribution in [0.1, 0.15) is 143 Å². The van der Waals surface area contributed by atoms with Gasteiger partial charge in [-0.2, -0.15) is 0 Å². The molecule has 0 radical (unpaired) electrons. The first-order valence-corrected chi connectivity index (χ1v) is 24.0. The number of carbonyl (C=O) groups is 4. The first-order chi connectivity index (χ1) is 33.8. The Hall–Kier alpha value is -8.02. The first kappa shape index (κ1) is 41.0. The zero-order valence-electron chi connectivity index (χ0n) is 37.2. The Balaban J connectivity index is 1.04. The molecule has 17 aliphatic rings. The van der Waals surface area contributed by atoms with Gasteiger partial charge in [0.15, 0.2) is 0 Å². The van der Waals surface area contributed by atoms with Gasteiger partial charge in [-0.05, 0) is 87.1 Å². The van der Waals surface area contributed by atoms with Crippen molar-refractivity contribution >= 4 is 77.5 Å². The van der Waals surface area contributed by atoms with Crippen molar-refractivity contribution in [1.29, 1.82) is 0 Å². The molecule has 8 aromatic rings. The summed E-state index contributed by atoms with van der Waals surface area (Å²) in [7, 11) is 0. The Kier molecular flexibility index (Phi) is 8.10. The fourth-order valence-electron chi connectivity index (χ4n) is 13.8. The first-order valence-electron chi connectivity index (χ1n) is 24.0. The van der Waals surface area contributed by atoms with Gasteiger partial charge in [0, 0.05) is 33.0 Å². The highest BCUT2D eigenvalue weighted by atomic mass is 16.2. The molecule has 25 rings (SSSR count). The van der Waals surface area contributed by atoms with E-state index in [-0.39, 0.29) is 115 Å². The minimum atomic E-state index is -1.00. The summed E-state index contributed by atoms with van der Waals surface area (Å²) < 4.78 is 4.06. The maximum absolute atomic E-state index is 14.8. The smallest absolute Gasteiger partial charge is 0.261 e. The van der Waals surface area contributed by atoms with E-state index in [4.69, 9.17) is 0 Å². The second-order valence-electron chi connectivity index (χ2n) is 20.1. The Morgan fingerprint density at radius 2 is 0.457 bits per heavy atom. The molecule has 3 fully saturated rings. The molecule has 70 heavy (non-hydrogen) atoms. The van der Waals surface area contributed by atoms with Gasteiger partial charge < -0.3 is 0 Å². The Bertz CT molecular complexity index is 3820. The molecular weight excluding hydrogens is 901 g/mol. The molecule has 3 saturated carbocycles. The molecule has 4 amide bonds. The molecule has 18 heteroatoms. The third kappa shape index (κ3) is 4.87. The van der Waals surface area contributed by atoms with Crippen molar-refractivity contribution in [3.63, 3.8) is 0 Å². The number of aromatic nitrogens is 4. The van der Waals surface area contributed by atoms with Gasteiger partial charge in [-0.3, -0.25) is 85.6 Å². The SMILES string of the molecule is O=C1c2ccc3c4c5ccc(c24)C(=O)N1[C@H]1CCCCC1n1c(=O)c2cc4c(=O)n(c(=O)c4cc2c1=O)[C@H]1CCCC[C@@H]1n1c(=O)c2cc4c(=O)n(c(=O)c4cc2c1=O)[C@H]1CCCC[C@@H]1N(C3=O)C5=O. The van der Waals surface area contributed by atoms with E-state index in [0.29, 0.717) is 38.5 Å². The number of benzene rings is 4. The highest BCUT2D eigenvalue weighted by molar-refractivity contribution is 6.33. The maximum atomic E-state index is 14.8. The molecule has 14 aliphatic heterocycles. The molecule has 0 N–H and O–H groups in total. The van der Waals surface area contributed by atoms with Crippen molar-refractivity contribution < 1.29 is 19.2 Å². The average molecular weight is 939 g/mol. The summed E-state index contributed by atoms with van der Waals surface area (Å²) in [6.45, 7) is 0. The molecule has 4 aromatic heterocycles. The van der Waals surface area contributed by atoms with Crippen LogP contribution in [-0.4, -0.2) is 63.8 Å². The summed E-state index contributed by atoms with van der Waals surface area (Å²) in [6, 6.07) is 4.63. The lowest BCUT2D eigenvalue weighted by atomic mass is 9.82. The van der Waals surface area contributed by atoms with Gasteiger partial charge in [-0.15, -0.1) is 0 Å². The van der Waals surface area contributed by atoms with E-state index < -0.39 is 104 Å². The quantitative estimate of drug-likeness (QED) is 0.199. The van der Waals surface area contributed by atoms with Crippen LogP contribution in [0.25, 0.3) is 53.9 Å². The monoisotopic (exact) mass is 938 g/mol. The third-order valence-corrected chi connectivity index (χ3v) is 16.9. The second kappa shape index (κ2) is 13.8. The summed E-state index contributed by atoms with van der Waals surface area (Å²) in [4.78, 5) is 178. The summed E-state index contributed by atoms with van der Waals surface area (Å²) >= 11 is 0. The van der Waals surface area contributed by atoms with Crippen molar-refractivity contribution in [3.8, 4) is 0 Å². The summed E-state index contributed by atoms with van der Waals surface area (Å²) in [5.41, 5.74) is -5.99. The summed E-state index contributed by atoms with van der Waals surface area (Å²) in [6.07, 6.45) is 4.66. The predicted octanol–water partition coefficient (Wildman–Crippen LogP) is 3.52. The second-order valence-corrected chi connectivity index (χ2v) is 20.1. The van der Waals surface area contributed by atoms with E-state index in [0.717, 1.165) is 28.1 Å². The van der Waals surface area contributed by atoms with Crippen LogP contribution in [0.2, 0.25) is 0 Å². The average Bonchev–Trinajstić information content (AvgIpc) is 3.96. The normalized spacial score (nSPS) is 24.4. The van der Waals surface area contributed by atoms with Gasteiger partial charge in [0.05, 0.1) is 79.3 Å². The van der Waals surface area contributed by atoms with Crippen molar-refractivity contribution in [2.24, 2.45) is 0 Å². The van der Waals surface area contributed by atoms with E-state index in [2.05, 4.69) is 0 Å². The molecule has 0 spiro atoms. The van der Waals surface area contributed by atoms with Crippen LogP contribution in [-0.2, 0) is 0 Å². The lowest BCUT2D eigenvalue weighted by Crippen LogP contribution is -2.54. The molecule has 18 heterocycles.